The van der Waals surface area contributed by atoms with Gasteiger partial charge in [0.15, 0.2) is 0 Å². The van der Waals surface area contributed by atoms with Gasteiger partial charge in [-0.15, -0.1) is 0 Å². The summed E-state index contributed by atoms with van der Waals surface area (Å²) in [6, 6.07) is 6.45. The van der Waals surface area contributed by atoms with Gasteiger partial charge in [-0.05, 0) is 12.8 Å². The van der Waals surface area contributed by atoms with Crippen molar-refractivity contribution >= 4 is 5.69 Å². The van der Waals surface area contributed by atoms with Crippen LogP contribution in [0.3, 0.4) is 0 Å². The molecule has 0 aliphatic rings. The van der Waals surface area contributed by atoms with Crippen molar-refractivity contribution in [3.8, 4) is 0 Å². The quantitative estimate of drug-likeness (QED) is 0.423. The second-order valence-corrected chi connectivity index (χ2v) is 2.99. The molecular formula is C9H12N2O3. The van der Waals surface area contributed by atoms with Crippen LogP contribution in [0.15, 0.2) is 24.3 Å². The molecule has 5 heteroatoms. The van der Waals surface area contributed by atoms with Gasteiger partial charge in [0, 0.05) is 11.6 Å². The molecule has 1 atom stereocenters. The van der Waals surface area contributed by atoms with Crippen LogP contribution in [0.25, 0.3) is 0 Å². The van der Waals surface area contributed by atoms with Gasteiger partial charge in [-0.25, -0.2) is 0 Å². The molecule has 0 spiro atoms. The van der Waals surface area contributed by atoms with E-state index < -0.39 is 11.2 Å². The summed E-state index contributed by atoms with van der Waals surface area (Å²) < 4.78 is 0. The summed E-state index contributed by atoms with van der Waals surface area (Å²) in [5, 5.41) is 19.4. The van der Waals surface area contributed by atoms with Crippen LogP contribution in [0, 0.1) is 10.1 Å². The van der Waals surface area contributed by atoms with Crippen LogP contribution in [-0.4, -0.2) is 16.3 Å². The third-order valence-electron chi connectivity index (χ3n) is 1.90. The van der Waals surface area contributed by atoms with Crippen LogP contribution in [0.4, 0.5) is 5.69 Å². The Labute approximate surface area is 81.3 Å². The van der Waals surface area contributed by atoms with E-state index in [-0.39, 0.29) is 5.69 Å². The first-order valence-corrected chi connectivity index (χ1v) is 4.27. The number of benzene rings is 1. The van der Waals surface area contributed by atoms with Gasteiger partial charge < -0.3 is 10.8 Å². The van der Waals surface area contributed by atoms with Crippen LogP contribution in [0.5, 0.6) is 0 Å². The lowest BCUT2D eigenvalue weighted by molar-refractivity contribution is -0.385. The number of nitro benzene ring substituents is 1. The fraction of sp³-hybridized carbons (Fsp3) is 0.333. The number of rotatable bonds is 4. The van der Waals surface area contributed by atoms with Gasteiger partial charge in [0.05, 0.1) is 4.92 Å². The molecule has 1 rings (SSSR count). The molecule has 0 aromatic heterocycles. The van der Waals surface area contributed by atoms with Crippen molar-refractivity contribution in [3.05, 3.63) is 39.9 Å². The third kappa shape index (κ3) is 2.79. The van der Waals surface area contributed by atoms with Crippen molar-refractivity contribution in [2.24, 2.45) is 5.73 Å². The van der Waals surface area contributed by atoms with Gasteiger partial charge in [-0.2, -0.15) is 0 Å². The number of nitrogens with zero attached hydrogens (tertiary/aromatic N) is 1. The minimum Gasteiger partial charge on any atom is -0.379 e. The summed E-state index contributed by atoms with van der Waals surface area (Å²) in [5.41, 5.74) is 5.83. The second-order valence-electron chi connectivity index (χ2n) is 2.99. The minimum atomic E-state index is -0.921. The number of aryl methyl sites for hydroxylation is 1. The van der Waals surface area contributed by atoms with E-state index in [2.05, 4.69) is 0 Å². The van der Waals surface area contributed by atoms with Crippen molar-refractivity contribution in [2.75, 3.05) is 0 Å². The monoisotopic (exact) mass is 196 g/mol. The highest BCUT2D eigenvalue weighted by Crippen LogP contribution is 2.19. The van der Waals surface area contributed by atoms with Gasteiger partial charge in [-0.1, -0.05) is 18.2 Å². The summed E-state index contributed by atoms with van der Waals surface area (Å²) in [4.78, 5) is 10.1. The van der Waals surface area contributed by atoms with Gasteiger partial charge >= 0.3 is 0 Å². The van der Waals surface area contributed by atoms with E-state index in [1.54, 1.807) is 18.2 Å². The number of hydrogen-bond donors (Lipinski definition) is 2. The smallest absolute Gasteiger partial charge is 0.272 e. The summed E-state index contributed by atoms with van der Waals surface area (Å²) >= 11 is 0. The van der Waals surface area contributed by atoms with Crippen LogP contribution < -0.4 is 5.73 Å². The molecule has 14 heavy (non-hydrogen) atoms. The Bertz CT molecular complexity index is 326. The average molecular weight is 196 g/mol. The standard InChI is InChI=1S/C9H12N2O3/c10-9(12)6-5-7-3-1-2-4-8(7)11(13)14/h1-4,9,12H,5-6,10H2. The molecule has 1 unspecified atom stereocenters. The zero-order valence-corrected chi connectivity index (χ0v) is 7.59. The van der Waals surface area contributed by atoms with E-state index in [0.29, 0.717) is 18.4 Å². The molecule has 0 heterocycles. The number of hydrogen-bond acceptors (Lipinski definition) is 4. The van der Waals surface area contributed by atoms with E-state index >= 15 is 0 Å². The Morgan fingerprint density at radius 3 is 2.71 bits per heavy atom. The van der Waals surface area contributed by atoms with Gasteiger partial charge in [0.1, 0.15) is 6.23 Å². The normalized spacial score (nSPS) is 12.4. The molecule has 1 aromatic rings. The van der Waals surface area contributed by atoms with Gasteiger partial charge in [0.25, 0.3) is 5.69 Å². The first-order chi connectivity index (χ1) is 6.61. The Hall–Kier alpha value is -1.46. The molecule has 0 bridgehead atoms. The maximum absolute atomic E-state index is 10.6. The summed E-state index contributed by atoms with van der Waals surface area (Å²) in [7, 11) is 0. The Kier molecular flexibility index (Phi) is 3.55. The fourth-order valence-corrected chi connectivity index (χ4v) is 1.20. The lowest BCUT2D eigenvalue weighted by atomic mass is 10.1. The molecule has 76 valence electrons. The molecule has 0 fully saturated rings. The average Bonchev–Trinajstić information content (AvgIpc) is 2.15. The van der Waals surface area contributed by atoms with Gasteiger partial charge in [0.2, 0.25) is 0 Å². The number of nitro groups is 1. The maximum atomic E-state index is 10.6. The minimum absolute atomic E-state index is 0.0770. The van der Waals surface area contributed by atoms with Gasteiger partial charge in [-0.3, -0.25) is 10.1 Å². The number of para-hydroxylation sites is 1. The summed E-state index contributed by atoms with van der Waals surface area (Å²) in [6.45, 7) is 0. The molecule has 1 aromatic carbocycles. The highest BCUT2D eigenvalue weighted by atomic mass is 16.6. The lowest BCUT2D eigenvalue weighted by Crippen LogP contribution is -2.19. The Balaban J connectivity index is 2.79. The Morgan fingerprint density at radius 2 is 2.14 bits per heavy atom. The molecule has 0 amide bonds. The van der Waals surface area contributed by atoms with E-state index in [1.165, 1.54) is 6.07 Å². The molecule has 0 aliphatic carbocycles. The van der Waals surface area contributed by atoms with Crippen molar-refractivity contribution in [1.29, 1.82) is 0 Å². The molecule has 0 saturated heterocycles. The number of aliphatic hydroxyl groups is 1. The first-order valence-electron chi connectivity index (χ1n) is 4.27. The second kappa shape index (κ2) is 4.69. The van der Waals surface area contributed by atoms with E-state index in [9.17, 15) is 10.1 Å². The third-order valence-corrected chi connectivity index (χ3v) is 1.90. The highest BCUT2D eigenvalue weighted by Gasteiger charge is 2.12. The zero-order valence-electron chi connectivity index (χ0n) is 7.59. The number of nitrogens with two attached hydrogens (primary N) is 1. The molecular weight excluding hydrogens is 184 g/mol. The highest BCUT2D eigenvalue weighted by molar-refractivity contribution is 5.39. The molecule has 0 aliphatic heterocycles. The molecule has 5 nitrogen and oxygen atoms in total. The molecule has 3 N–H and O–H groups in total. The van der Waals surface area contributed by atoms with E-state index in [0.717, 1.165) is 0 Å². The SMILES string of the molecule is NC(O)CCc1ccccc1[N+](=O)[O-]. The number of aliphatic hydroxyl groups excluding tert-OH is 1. The zero-order chi connectivity index (χ0) is 10.6. The van der Waals surface area contributed by atoms with Crippen LogP contribution in [0.1, 0.15) is 12.0 Å². The predicted molar refractivity (Wildman–Crippen MR) is 51.6 cm³/mol. The summed E-state index contributed by atoms with van der Waals surface area (Å²) in [6.07, 6.45) is -0.186. The van der Waals surface area contributed by atoms with E-state index in [4.69, 9.17) is 10.8 Å². The van der Waals surface area contributed by atoms with Crippen LogP contribution in [0.2, 0.25) is 0 Å². The summed E-state index contributed by atoms with van der Waals surface area (Å²) in [5.74, 6) is 0. The van der Waals surface area contributed by atoms with Crippen LogP contribution in [-0.2, 0) is 6.42 Å². The molecule has 0 saturated carbocycles. The van der Waals surface area contributed by atoms with E-state index in [1.807, 2.05) is 0 Å². The topological polar surface area (TPSA) is 89.4 Å². The van der Waals surface area contributed by atoms with Crippen molar-refractivity contribution in [1.82, 2.24) is 0 Å². The predicted octanol–water partition coefficient (Wildman–Crippen LogP) is 0.804. The van der Waals surface area contributed by atoms with Crippen molar-refractivity contribution < 1.29 is 10.0 Å². The van der Waals surface area contributed by atoms with Crippen LogP contribution >= 0.6 is 0 Å². The Morgan fingerprint density at radius 1 is 1.50 bits per heavy atom. The first kappa shape index (κ1) is 10.6. The lowest BCUT2D eigenvalue weighted by Gasteiger charge is -2.04. The fourth-order valence-electron chi connectivity index (χ4n) is 1.20. The van der Waals surface area contributed by atoms with Crippen molar-refractivity contribution in [2.45, 2.75) is 19.1 Å². The maximum Gasteiger partial charge on any atom is 0.272 e. The largest absolute Gasteiger partial charge is 0.379 e. The molecule has 0 radical (unpaired) electrons. The van der Waals surface area contributed by atoms with Crippen molar-refractivity contribution in [3.63, 3.8) is 0 Å².